The van der Waals surface area contributed by atoms with E-state index < -0.39 is 16.1 Å². The monoisotopic (exact) mass is 288 g/mol. The van der Waals surface area contributed by atoms with Crippen LogP contribution in [0, 0.1) is 0 Å². The van der Waals surface area contributed by atoms with Crippen molar-refractivity contribution in [2.45, 2.75) is 6.42 Å². The van der Waals surface area contributed by atoms with Crippen LogP contribution in [0.25, 0.3) is 10.8 Å². The first-order valence-corrected chi connectivity index (χ1v) is 7.53. The van der Waals surface area contributed by atoms with Crippen molar-refractivity contribution >= 4 is 26.9 Å². The van der Waals surface area contributed by atoms with Crippen LogP contribution < -0.4 is 9.44 Å². The molecule has 0 unspecified atom stereocenters. The minimum Gasteiger partial charge on any atom is -0.270 e. The van der Waals surface area contributed by atoms with Crippen molar-refractivity contribution in [3.05, 3.63) is 59.8 Å². The van der Waals surface area contributed by atoms with Crippen LogP contribution in [-0.2, 0) is 21.4 Å². The molecule has 0 saturated heterocycles. The molecule has 0 saturated carbocycles. The Morgan fingerprint density at radius 2 is 1.70 bits per heavy atom. The molecule has 0 radical (unpaired) electrons. The summed E-state index contributed by atoms with van der Waals surface area (Å²) in [6, 6.07) is 13.7. The third-order valence-corrected chi connectivity index (χ3v) is 4.07. The van der Waals surface area contributed by atoms with Gasteiger partial charge in [0.05, 0.1) is 0 Å². The lowest BCUT2D eigenvalue weighted by molar-refractivity contribution is -0.115. The summed E-state index contributed by atoms with van der Waals surface area (Å²) in [6.07, 6.45) is 1.62. The van der Waals surface area contributed by atoms with Gasteiger partial charge in [-0.3, -0.25) is 9.52 Å². The van der Waals surface area contributed by atoms with Crippen LogP contribution in [0.1, 0.15) is 5.56 Å². The summed E-state index contributed by atoms with van der Waals surface area (Å²) < 4.78 is 27.1. The summed E-state index contributed by atoms with van der Waals surface area (Å²) in [5.41, 5.74) is 1.33. The van der Waals surface area contributed by atoms with Gasteiger partial charge in [-0.2, -0.15) is 8.42 Å². The number of carbonyl (C=O) groups is 1. The van der Waals surface area contributed by atoms with E-state index >= 15 is 0 Å². The lowest BCUT2D eigenvalue weighted by Gasteiger charge is -2.17. The van der Waals surface area contributed by atoms with Crippen molar-refractivity contribution in [3.8, 4) is 0 Å². The zero-order valence-corrected chi connectivity index (χ0v) is 11.3. The third-order valence-electron chi connectivity index (χ3n) is 3.07. The molecule has 0 bridgehead atoms. The normalized spacial score (nSPS) is 17.2. The van der Waals surface area contributed by atoms with Crippen molar-refractivity contribution in [2.24, 2.45) is 0 Å². The zero-order chi connectivity index (χ0) is 14.2. The summed E-state index contributed by atoms with van der Waals surface area (Å²) in [6.45, 7) is 0. The average molecular weight is 288 g/mol. The van der Waals surface area contributed by atoms with E-state index in [0.717, 1.165) is 16.3 Å². The van der Waals surface area contributed by atoms with E-state index in [-0.39, 0.29) is 0 Å². The van der Waals surface area contributed by atoms with Crippen molar-refractivity contribution in [1.29, 1.82) is 0 Å². The Morgan fingerprint density at radius 1 is 0.950 bits per heavy atom. The Morgan fingerprint density at radius 3 is 2.50 bits per heavy atom. The summed E-state index contributed by atoms with van der Waals surface area (Å²) in [4.78, 5) is 11.3. The fourth-order valence-electron chi connectivity index (χ4n) is 2.29. The Kier molecular flexibility index (Phi) is 2.94. The first kappa shape index (κ1) is 12.7. The fourth-order valence-corrected chi connectivity index (χ4v) is 3.14. The molecular weight excluding hydrogens is 276 g/mol. The second kappa shape index (κ2) is 4.64. The summed E-state index contributed by atoms with van der Waals surface area (Å²) in [7, 11) is -3.77. The van der Waals surface area contributed by atoms with E-state index in [9.17, 15) is 13.2 Å². The van der Waals surface area contributed by atoms with Gasteiger partial charge in [-0.1, -0.05) is 42.5 Å². The van der Waals surface area contributed by atoms with Gasteiger partial charge in [-0.05, 0) is 16.3 Å². The van der Waals surface area contributed by atoms with Crippen LogP contribution in [0.5, 0.6) is 0 Å². The molecule has 2 aromatic carbocycles. The van der Waals surface area contributed by atoms with Gasteiger partial charge >= 0.3 is 10.2 Å². The minimum absolute atomic E-state index is 0.355. The number of carbonyl (C=O) groups excluding carboxylic acids is 1. The molecule has 0 fully saturated rings. The molecule has 20 heavy (non-hydrogen) atoms. The van der Waals surface area contributed by atoms with Crippen molar-refractivity contribution in [3.63, 3.8) is 0 Å². The maximum absolute atomic E-state index is 11.4. The number of benzene rings is 2. The SMILES string of the molecule is O=C1C=C(Cc2cccc3ccccc23)NS(=O)(=O)N1. The number of nitrogens with one attached hydrogen (secondary N) is 2. The van der Waals surface area contributed by atoms with Gasteiger partial charge in [0.25, 0.3) is 5.91 Å². The molecule has 2 N–H and O–H groups in total. The van der Waals surface area contributed by atoms with Gasteiger partial charge in [-0.15, -0.1) is 0 Å². The van der Waals surface area contributed by atoms with Crippen LogP contribution >= 0.6 is 0 Å². The number of hydrogen-bond acceptors (Lipinski definition) is 3. The second-order valence-electron chi connectivity index (χ2n) is 4.56. The van der Waals surface area contributed by atoms with Crippen LogP contribution in [0.4, 0.5) is 0 Å². The topological polar surface area (TPSA) is 75.3 Å². The Bertz CT molecular complexity index is 820. The van der Waals surface area contributed by atoms with E-state index in [1.54, 1.807) is 0 Å². The van der Waals surface area contributed by atoms with E-state index in [4.69, 9.17) is 0 Å². The predicted molar refractivity (Wildman–Crippen MR) is 75.9 cm³/mol. The quantitative estimate of drug-likeness (QED) is 0.872. The van der Waals surface area contributed by atoms with E-state index in [2.05, 4.69) is 4.72 Å². The van der Waals surface area contributed by atoms with E-state index in [0.29, 0.717) is 12.1 Å². The first-order chi connectivity index (χ1) is 9.53. The molecule has 1 heterocycles. The highest BCUT2D eigenvalue weighted by molar-refractivity contribution is 7.88. The van der Waals surface area contributed by atoms with E-state index in [1.807, 2.05) is 47.2 Å². The van der Waals surface area contributed by atoms with Crippen molar-refractivity contribution < 1.29 is 13.2 Å². The lowest BCUT2D eigenvalue weighted by atomic mass is 10.0. The Balaban J connectivity index is 2.00. The molecule has 3 rings (SSSR count). The summed E-state index contributed by atoms with van der Waals surface area (Å²) in [5.74, 6) is -0.626. The molecule has 102 valence electrons. The van der Waals surface area contributed by atoms with Gasteiger partial charge < -0.3 is 0 Å². The van der Waals surface area contributed by atoms with Crippen LogP contribution in [0.15, 0.2) is 54.2 Å². The van der Waals surface area contributed by atoms with Crippen LogP contribution in [-0.4, -0.2) is 14.3 Å². The maximum Gasteiger partial charge on any atom is 0.323 e. The molecule has 0 aliphatic carbocycles. The highest BCUT2D eigenvalue weighted by atomic mass is 32.2. The molecule has 1 aliphatic rings. The molecule has 0 aromatic heterocycles. The Hall–Kier alpha value is -2.34. The summed E-state index contributed by atoms with van der Waals surface area (Å²) in [5, 5.41) is 2.12. The average Bonchev–Trinajstić information content (AvgIpc) is 2.37. The Labute approximate surface area is 116 Å². The molecule has 1 aliphatic heterocycles. The molecular formula is C14H12N2O3S. The number of allylic oxidation sites excluding steroid dienone is 1. The molecule has 6 heteroatoms. The number of amides is 1. The van der Waals surface area contributed by atoms with Gasteiger partial charge in [0.15, 0.2) is 0 Å². The van der Waals surface area contributed by atoms with Gasteiger partial charge in [0, 0.05) is 18.2 Å². The van der Waals surface area contributed by atoms with Crippen LogP contribution in [0.3, 0.4) is 0 Å². The number of rotatable bonds is 2. The first-order valence-electron chi connectivity index (χ1n) is 6.05. The fraction of sp³-hybridized carbons (Fsp3) is 0.0714. The lowest BCUT2D eigenvalue weighted by Crippen LogP contribution is -2.43. The third kappa shape index (κ3) is 2.50. The van der Waals surface area contributed by atoms with Crippen LogP contribution in [0.2, 0.25) is 0 Å². The number of hydrogen-bond donors (Lipinski definition) is 2. The molecule has 2 aromatic rings. The van der Waals surface area contributed by atoms with Gasteiger partial charge in [0.1, 0.15) is 0 Å². The van der Waals surface area contributed by atoms with Crippen molar-refractivity contribution in [2.75, 3.05) is 0 Å². The highest BCUT2D eigenvalue weighted by Gasteiger charge is 2.21. The molecule has 0 spiro atoms. The predicted octanol–water partition coefficient (Wildman–Crippen LogP) is 1.23. The standard InChI is InChI=1S/C14H12N2O3S/c17-14-9-12(15-20(18,19)16-14)8-11-6-3-5-10-4-1-2-7-13(10)11/h1-7,9,15H,8H2,(H,16,17). The second-order valence-corrected chi connectivity index (χ2v) is 5.97. The largest absolute Gasteiger partial charge is 0.323 e. The molecule has 5 nitrogen and oxygen atoms in total. The smallest absolute Gasteiger partial charge is 0.270 e. The maximum atomic E-state index is 11.4. The minimum atomic E-state index is -3.77. The number of fused-ring (bicyclic) bond motifs is 1. The van der Waals surface area contributed by atoms with Gasteiger partial charge in [-0.25, -0.2) is 4.72 Å². The van der Waals surface area contributed by atoms with Gasteiger partial charge in [0.2, 0.25) is 0 Å². The summed E-state index contributed by atoms with van der Waals surface area (Å²) >= 11 is 0. The zero-order valence-electron chi connectivity index (χ0n) is 10.5. The molecule has 1 amide bonds. The highest BCUT2D eigenvalue weighted by Crippen LogP contribution is 2.21. The van der Waals surface area contributed by atoms with E-state index in [1.165, 1.54) is 6.08 Å². The molecule has 0 atom stereocenters. The van der Waals surface area contributed by atoms with Crippen molar-refractivity contribution in [1.82, 2.24) is 9.44 Å².